The van der Waals surface area contributed by atoms with E-state index in [0.29, 0.717) is 55.4 Å². The van der Waals surface area contributed by atoms with E-state index in [-0.39, 0.29) is 10.9 Å². The Kier molecular flexibility index (Phi) is 6.96. The number of anilines is 1. The predicted molar refractivity (Wildman–Crippen MR) is 122 cm³/mol. The Hall–Kier alpha value is -2.95. The lowest BCUT2D eigenvalue weighted by Gasteiger charge is -2.32. The molecule has 0 amide bonds. The van der Waals surface area contributed by atoms with Gasteiger partial charge in [0, 0.05) is 50.0 Å². The Morgan fingerprint density at radius 2 is 1.94 bits per heavy atom. The Bertz CT molecular complexity index is 1220. The third-order valence-corrected chi connectivity index (χ3v) is 7.46. The highest BCUT2D eigenvalue weighted by atomic mass is 32.2. The van der Waals surface area contributed by atoms with Gasteiger partial charge in [0.05, 0.1) is 10.6 Å². The summed E-state index contributed by atoms with van der Waals surface area (Å²) < 4.78 is 54.5. The van der Waals surface area contributed by atoms with Crippen LogP contribution in [0.4, 0.5) is 14.7 Å². The average Bonchev–Trinajstić information content (AvgIpc) is 2.79. The number of piperazine rings is 1. The monoisotopic (exact) mass is 473 g/mol. The average molecular weight is 474 g/mol. The van der Waals surface area contributed by atoms with E-state index in [2.05, 4.69) is 20.6 Å². The third-order valence-electron chi connectivity index (χ3n) is 5.45. The summed E-state index contributed by atoms with van der Waals surface area (Å²) in [4.78, 5) is 8.87. The molecular formula is C23H25F2N5O2S. The molecule has 1 aliphatic heterocycles. The first kappa shape index (κ1) is 23.2. The van der Waals surface area contributed by atoms with E-state index in [1.54, 1.807) is 36.5 Å². The van der Waals surface area contributed by atoms with Crippen LogP contribution in [0.15, 0.2) is 59.6 Å². The van der Waals surface area contributed by atoms with Gasteiger partial charge in [-0.15, -0.1) is 0 Å². The van der Waals surface area contributed by atoms with Gasteiger partial charge in [0.2, 0.25) is 16.0 Å². The first-order valence-corrected chi connectivity index (χ1v) is 12.1. The van der Waals surface area contributed by atoms with Crippen molar-refractivity contribution in [2.24, 2.45) is 0 Å². The number of rotatable bonds is 7. The summed E-state index contributed by atoms with van der Waals surface area (Å²) in [6.07, 6.45) is 1.96. The molecule has 4 rings (SSSR count). The third kappa shape index (κ3) is 5.52. The minimum absolute atomic E-state index is 0.131. The lowest BCUT2D eigenvalue weighted by molar-refractivity contribution is 0.284. The molecule has 1 fully saturated rings. The van der Waals surface area contributed by atoms with Crippen LogP contribution in [-0.2, 0) is 16.4 Å². The van der Waals surface area contributed by atoms with Crippen LogP contribution in [0.1, 0.15) is 12.5 Å². The zero-order chi connectivity index (χ0) is 23.4. The fraction of sp³-hybridized carbons (Fsp3) is 0.304. The highest BCUT2D eigenvalue weighted by Crippen LogP contribution is 2.25. The minimum Gasteiger partial charge on any atom is -0.354 e. The van der Waals surface area contributed by atoms with Crippen molar-refractivity contribution in [2.45, 2.75) is 24.3 Å². The number of aromatic nitrogens is 2. The maximum atomic E-state index is 13.3. The Morgan fingerprint density at radius 1 is 1.15 bits per heavy atom. The molecule has 0 saturated carbocycles. The summed E-state index contributed by atoms with van der Waals surface area (Å²) in [6, 6.07) is 11.7. The number of benzene rings is 2. The number of hydrogen-bond acceptors (Lipinski definition) is 6. The summed E-state index contributed by atoms with van der Waals surface area (Å²) in [7, 11) is -3.63. The fourth-order valence-corrected chi connectivity index (χ4v) is 5.49. The van der Waals surface area contributed by atoms with Crippen molar-refractivity contribution in [1.29, 1.82) is 0 Å². The quantitative estimate of drug-likeness (QED) is 0.549. The van der Waals surface area contributed by atoms with E-state index in [4.69, 9.17) is 0 Å². The molecule has 7 nitrogen and oxygen atoms in total. The van der Waals surface area contributed by atoms with Crippen LogP contribution in [0.25, 0.3) is 11.3 Å². The van der Waals surface area contributed by atoms with Gasteiger partial charge in [-0.2, -0.15) is 4.31 Å². The largest absolute Gasteiger partial charge is 0.354 e. The van der Waals surface area contributed by atoms with Crippen molar-refractivity contribution in [2.75, 3.05) is 31.5 Å². The highest BCUT2D eigenvalue weighted by molar-refractivity contribution is 7.89. The van der Waals surface area contributed by atoms with Gasteiger partial charge < -0.3 is 10.6 Å². The zero-order valence-electron chi connectivity index (χ0n) is 18.1. The van der Waals surface area contributed by atoms with Gasteiger partial charge in [0.1, 0.15) is 11.6 Å². The van der Waals surface area contributed by atoms with Crippen LogP contribution in [0, 0.1) is 11.6 Å². The molecule has 10 heteroatoms. The second-order valence-electron chi connectivity index (χ2n) is 7.92. The normalized spacial score (nSPS) is 17.1. The Labute approximate surface area is 191 Å². The molecule has 0 spiro atoms. The lowest BCUT2D eigenvalue weighted by atomic mass is 10.1. The van der Waals surface area contributed by atoms with Gasteiger partial charge >= 0.3 is 0 Å². The Morgan fingerprint density at radius 3 is 2.70 bits per heavy atom. The minimum atomic E-state index is -3.63. The Balaban J connectivity index is 1.49. The molecule has 1 aliphatic rings. The van der Waals surface area contributed by atoms with Gasteiger partial charge in [0.15, 0.2) is 0 Å². The highest BCUT2D eigenvalue weighted by Gasteiger charge is 2.31. The van der Waals surface area contributed by atoms with Crippen molar-refractivity contribution >= 4 is 16.0 Å². The number of nitrogens with zero attached hydrogens (tertiary/aromatic N) is 3. The van der Waals surface area contributed by atoms with E-state index in [1.807, 2.05) is 6.92 Å². The summed E-state index contributed by atoms with van der Waals surface area (Å²) in [6.45, 7) is 3.91. The molecule has 3 aromatic rings. The number of sulfonamides is 1. The lowest BCUT2D eigenvalue weighted by Crippen LogP contribution is -2.52. The van der Waals surface area contributed by atoms with Crippen LogP contribution >= 0.6 is 0 Å². The smallest absolute Gasteiger partial charge is 0.243 e. The SMILES string of the molecule is C[C@H]1CNCCN1S(=O)(=O)c1cccc(-c2ccnc(NCCc3cc(F)cc(F)c3)n2)c1. The van der Waals surface area contributed by atoms with Crippen molar-refractivity contribution in [3.63, 3.8) is 0 Å². The maximum Gasteiger partial charge on any atom is 0.243 e. The molecule has 1 aromatic heterocycles. The van der Waals surface area contributed by atoms with Gasteiger partial charge in [-0.05, 0) is 49.2 Å². The van der Waals surface area contributed by atoms with Gasteiger partial charge in [-0.3, -0.25) is 0 Å². The van der Waals surface area contributed by atoms with Crippen LogP contribution < -0.4 is 10.6 Å². The number of hydrogen-bond donors (Lipinski definition) is 2. The molecule has 174 valence electrons. The van der Waals surface area contributed by atoms with Crippen molar-refractivity contribution in [3.8, 4) is 11.3 Å². The summed E-state index contributed by atoms with van der Waals surface area (Å²) in [5.74, 6) is -0.894. The molecule has 1 atom stereocenters. The molecule has 0 aliphatic carbocycles. The first-order valence-electron chi connectivity index (χ1n) is 10.7. The van der Waals surface area contributed by atoms with Crippen LogP contribution in [0.2, 0.25) is 0 Å². The molecule has 0 unspecified atom stereocenters. The summed E-state index contributed by atoms with van der Waals surface area (Å²) >= 11 is 0. The van der Waals surface area contributed by atoms with E-state index in [1.165, 1.54) is 16.4 Å². The van der Waals surface area contributed by atoms with Crippen molar-refractivity contribution in [3.05, 3.63) is 71.9 Å². The predicted octanol–water partition coefficient (Wildman–Crippen LogP) is 3.06. The molecule has 1 saturated heterocycles. The van der Waals surface area contributed by atoms with Crippen LogP contribution in [-0.4, -0.2) is 54.9 Å². The standard InChI is InChI=1S/C23H25F2N5O2S/c1-16-15-26-9-10-30(16)33(31,32)21-4-2-3-18(13-21)22-6-8-28-23(29-22)27-7-5-17-11-19(24)14-20(25)12-17/h2-4,6,8,11-14,16,26H,5,7,9-10,15H2,1H3,(H,27,28,29)/t16-/m0/s1. The van der Waals surface area contributed by atoms with E-state index in [9.17, 15) is 17.2 Å². The van der Waals surface area contributed by atoms with Crippen LogP contribution in [0.3, 0.4) is 0 Å². The van der Waals surface area contributed by atoms with Crippen LogP contribution in [0.5, 0.6) is 0 Å². The molecule has 33 heavy (non-hydrogen) atoms. The van der Waals surface area contributed by atoms with Gasteiger partial charge in [-0.25, -0.2) is 27.2 Å². The molecule has 2 heterocycles. The molecule has 2 N–H and O–H groups in total. The van der Waals surface area contributed by atoms with E-state index >= 15 is 0 Å². The molecular weight excluding hydrogens is 448 g/mol. The molecule has 0 bridgehead atoms. The van der Waals surface area contributed by atoms with Gasteiger partial charge in [-0.1, -0.05) is 12.1 Å². The van der Waals surface area contributed by atoms with Gasteiger partial charge in [0.25, 0.3) is 0 Å². The number of nitrogens with one attached hydrogen (secondary N) is 2. The number of halogens is 2. The second-order valence-corrected chi connectivity index (χ2v) is 9.81. The maximum absolute atomic E-state index is 13.3. The molecule has 2 aromatic carbocycles. The van der Waals surface area contributed by atoms with E-state index < -0.39 is 21.7 Å². The molecule has 0 radical (unpaired) electrons. The summed E-state index contributed by atoms with van der Waals surface area (Å²) in [5.41, 5.74) is 1.74. The zero-order valence-corrected chi connectivity index (χ0v) is 18.9. The van der Waals surface area contributed by atoms with Crippen molar-refractivity contribution in [1.82, 2.24) is 19.6 Å². The second kappa shape index (κ2) is 9.90. The van der Waals surface area contributed by atoms with Crippen molar-refractivity contribution < 1.29 is 17.2 Å². The topological polar surface area (TPSA) is 87.2 Å². The first-order chi connectivity index (χ1) is 15.8. The van der Waals surface area contributed by atoms with E-state index in [0.717, 1.165) is 6.07 Å². The summed E-state index contributed by atoms with van der Waals surface area (Å²) in [5, 5.41) is 6.24. The fourth-order valence-electron chi connectivity index (χ4n) is 3.81.